The smallest absolute Gasteiger partial charge is 0.325 e. The summed E-state index contributed by atoms with van der Waals surface area (Å²) < 4.78 is 60.4. The summed E-state index contributed by atoms with van der Waals surface area (Å²) in [6.45, 7) is 1.70. The van der Waals surface area contributed by atoms with Crippen molar-refractivity contribution in [2.24, 2.45) is 0 Å². The molecule has 0 spiro atoms. The number of hydrogen-bond acceptors (Lipinski definition) is 5. The Morgan fingerprint density at radius 1 is 1.06 bits per heavy atom. The van der Waals surface area contributed by atoms with Crippen molar-refractivity contribution in [2.75, 3.05) is 7.11 Å². The number of fused-ring (bicyclic) bond motifs is 1. The molecule has 33 heavy (non-hydrogen) atoms. The summed E-state index contributed by atoms with van der Waals surface area (Å²) in [6.07, 6.45) is 1.55. The number of sulfone groups is 1. The van der Waals surface area contributed by atoms with Crippen LogP contribution in [0.25, 0.3) is 10.9 Å². The zero-order valence-electron chi connectivity index (χ0n) is 17.9. The monoisotopic (exact) mass is 470 g/mol. The maximum atomic E-state index is 14.1. The summed E-state index contributed by atoms with van der Waals surface area (Å²) in [4.78, 5) is 16.1. The molecule has 4 rings (SSSR count). The maximum absolute atomic E-state index is 14.1. The second-order valence-electron chi connectivity index (χ2n) is 7.47. The molecular weight excluding hydrogens is 450 g/mol. The van der Waals surface area contributed by atoms with Crippen molar-refractivity contribution in [1.82, 2.24) is 9.55 Å². The van der Waals surface area contributed by atoms with Gasteiger partial charge in [0.25, 0.3) is 0 Å². The van der Waals surface area contributed by atoms with Crippen molar-refractivity contribution in [3.63, 3.8) is 0 Å². The Morgan fingerprint density at radius 3 is 2.45 bits per heavy atom. The number of pyridine rings is 1. The summed E-state index contributed by atoms with van der Waals surface area (Å²) in [5.41, 5.74) is 2.18. The molecule has 2 aromatic heterocycles. The van der Waals surface area contributed by atoms with Gasteiger partial charge in [-0.05, 0) is 67.1 Å². The van der Waals surface area contributed by atoms with Gasteiger partial charge in [-0.3, -0.25) is 9.78 Å². The molecule has 2 aromatic carbocycles. The van der Waals surface area contributed by atoms with Crippen LogP contribution >= 0.6 is 0 Å². The minimum atomic E-state index is -3.98. The van der Waals surface area contributed by atoms with Crippen LogP contribution < -0.4 is 0 Å². The number of halogens is 2. The molecule has 0 N–H and O–H groups in total. The van der Waals surface area contributed by atoms with E-state index in [4.69, 9.17) is 4.74 Å². The highest BCUT2D eigenvalue weighted by atomic mass is 32.2. The molecule has 170 valence electrons. The average molecular weight is 470 g/mol. The van der Waals surface area contributed by atoms with E-state index in [1.54, 1.807) is 17.6 Å². The lowest BCUT2D eigenvalue weighted by Crippen LogP contribution is -2.13. The summed E-state index contributed by atoms with van der Waals surface area (Å²) in [7, 11) is -2.70. The molecule has 0 unspecified atom stereocenters. The fraction of sp³-hybridized carbons (Fsp3) is 0.167. The summed E-state index contributed by atoms with van der Waals surface area (Å²) in [6, 6.07) is 11.7. The van der Waals surface area contributed by atoms with Crippen molar-refractivity contribution in [2.45, 2.75) is 29.7 Å². The first kappa shape index (κ1) is 22.6. The Morgan fingerprint density at radius 2 is 1.76 bits per heavy atom. The highest BCUT2D eigenvalue weighted by Gasteiger charge is 2.24. The zero-order chi connectivity index (χ0) is 23.8. The van der Waals surface area contributed by atoms with Gasteiger partial charge in [0, 0.05) is 29.2 Å². The number of aromatic nitrogens is 2. The number of benzene rings is 2. The van der Waals surface area contributed by atoms with Crippen molar-refractivity contribution in [3.05, 3.63) is 89.4 Å². The number of carbonyl (C=O) groups excluding carboxylic acids is 1. The van der Waals surface area contributed by atoms with Crippen LogP contribution in [0.4, 0.5) is 8.78 Å². The van der Waals surface area contributed by atoms with Crippen LogP contribution in [-0.4, -0.2) is 31.0 Å². The predicted molar refractivity (Wildman–Crippen MR) is 118 cm³/mol. The van der Waals surface area contributed by atoms with E-state index >= 15 is 0 Å². The molecule has 0 fully saturated rings. The largest absolute Gasteiger partial charge is 0.468 e. The van der Waals surface area contributed by atoms with Gasteiger partial charge >= 0.3 is 5.97 Å². The molecule has 0 radical (unpaired) electrons. The van der Waals surface area contributed by atoms with Gasteiger partial charge in [-0.1, -0.05) is 0 Å². The van der Waals surface area contributed by atoms with Crippen molar-refractivity contribution < 1.29 is 26.7 Å². The maximum Gasteiger partial charge on any atom is 0.325 e. The van der Waals surface area contributed by atoms with Crippen LogP contribution in [0.3, 0.4) is 0 Å². The fourth-order valence-corrected chi connectivity index (χ4v) is 5.29. The van der Waals surface area contributed by atoms with Crippen LogP contribution in [0.2, 0.25) is 0 Å². The Kier molecular flexibility index (Phi) is 5.99. The van der Waals surface area contributed by atoms with Crippen molar-refractivity contribution in [3.8, 4) is 0 Å². The van der Waals surface area contributed by atoms with E-state index in [0.29, 0.717) is 22.2 Å². The van der Waals surface area contributed by atoms with Gasteiger partial charge in [0.1, 0.15) is 18.2 Å². The summed E-state index contributed by atoms with van der Waals surface area (Å²) >= 11 is 0. The molecule has 0 aliphatic rings. The van der Waals surface area contributed by atoms with E-state index in [0.717, 1.165) is 12.1 Å². The number of methoxy groups -OCH3 is 1. The van der Waals surface area contributed by atoms with Crippen molar-refractivity contribution in [1.29, 1.82) is 0 Å². The van der Waals surface area contributed by atoms with Gasteiger partial charge < -0.3 is 9.30 Å². The summed E-state index contributed by atoms with van der Waals surface area (Å²) in [5, 5.41) is 0.548. The minimum Gasteiger partial charge on any atom is -0.468 e. The molecular formula is C24H20F2N2O4S. The standard InChI is InChI=1S/C24H20F2N2O4S/c1-15-19(20-12-17(26)7-10-22(20)28(15)14-24(29)32-2)13-21-23(4-3-11-27-21)33(30,31)18-8-5-16(25)6-9-18/h3-12H,13-14H2,1-2H3. The topological polar surface area (TPSA) is 78.3 Å². The molecule has 6 nitrogen and oxygen atoms in total. The van der Waals surface area contributed by atoms with Crippen LogP contribution in [0.1, 0.15) is 17.0 Å². The molecule has 0 bridgehead atoms. The second kappa shape index (κ2) is 8.74. The van der Waals surface area contributed by atoms with E-state index in [1.807, 2.05) is 0 Å². The Hall–Kier alpha value is -3.59. The lowest BCUT2D eigenvalue weighted by Gasteiger charge is -2.11. The SMILES string of the molecule is COC(=O)Cn1c(C)c(Cc2ncccc2S(=O)(=O)c2ccc(F)cc2)c2cc(F)ccc21. The molecule has 9 heteroatoms. The Labute approximate surface area is 189 Å². The number of ether oxygens (including phenoxy) is 1. The van der Waals surface area contributed by atoms with E-state index in [1.165, 1.54) is 49.7 Å². The van der Waals surface area contributed by atoms with E-state index in [2.05, 4.69) is 4.98 Å². The van der Waals surface area contributed by atoms with Crippen LogP contribution in [0, 0.1) is 18.6 Å². The number of rotatable bonds is 6. The van der Waals surface area contributed by atoms with E-state index in [-0.39, 0.29) is 28.5 Å². The van der Waals surface area contributed by atoms with Crippen LogP contribution in [-0.2, 0) is 32.3 Å². The molecule has 0 saturated carbocycles. The molecule has 0 aliphatic heterocycles. The molecule has 4 aromatic rings. The first-order valence-electron chi connectivity index (χ1n) is 10.0. The van der Waals surface area contributed by atoms with Gasteiger partial charge in [-0.15, -0.1) is 0 Å². The fourth-order valence-electron chi connectivity index (χ4n) is 3.85. The molecule has 0 atom stereocenters. The third-order valence-corrected chi connectivity index (χ3v) is 7.38. The van der Waals surface area contributed by atoms with Gasteiger partial charge in [0.2, 0.25) is 9.84 Å². The van der Waals surface area contributed by atoms with Crippen LogP contribution in [0.15, 0.2) is 70.6 Å². The average Bonchev–Trinajstić information content (AvgIpc) is 3.04. The number of nitrogens with zero attached hydrogens (tertiary/aromatic N) is 2. The lowest BCUT2D eigenvalue weighted by atomic mass is 10.1. The molecule has 2 heterocycles. The zero-order valence-corrected chi connectivity index (χ0v) is 18.7. The Balaban J connectivity index is 1.85. The lowest BCUT2D eigenvalue weighted by molar-refractivity contribution is -0.141. The summed E-state index contributed by atoms with van der Waals surface area (Å²) in [5.74, 6) is -1.47. The first-order chi connectivity index (χ1) is 15.7. The normalized spacial score (nSPS) is 11.6. The third kappa shape index (κ3) is 4.23. The molecule has 0 amide bonds. The van der Waals surface area contributed by atoms with Gasteiger partial charge in [0.05, 0.1) is 22.6 Å². The molecule has 0 saturated heterocycles. The first-order valence-corrected chi connectivity index (χ1v) is 11.5. The van der Waals surface area contributed by atoms with Crippen molar-refractivity contribution >= 4 is 26.7 Å². The van der Waals surface area contributed by atoms with Gasteiger partial charge in [0.15, 0.2) is 0 Å². The minimum absolute atomic E-state index is 0.0266. The van der Waals surface area contributed by atoms with Crippen LogP contribution in [0.5, 0.6) is 0 Å². The third-order valence-electron chi connectivity index (χ3n) is 5.54. The predicted octanol–water partition coefficient (Wildman–Crippen LogP) is 4.22. The quantitative estimate of drug-likeness (QED) is 0.312. The number of hydrogen-bond donors (Lipinski definition) is 0. The number of carbonyl (C=O) groups is 1. The second-order valence-corrected chi connectivity index (χ2v) is 9.39. The highest BCUT2D eigenvalue weighted by molar-refractivity contribution is 7.91. The van der Waals surface area contributed by atoms with E-state index < -0.39 is 27.4 Å². The van der Waals surface area contributed by atoms with E-state index in [9.17, 15) is 22.0 Å². The Bertz CT molecular complexity index is 1460. The highest BCUT2D eigenvalue weighted by Crippen LogP contribution is 2.31. The number of esters is 1. The molecule has 0 aliphatic carbocycles. The van der Waals surface area contributed by atoms with Gasteiger partial charge in [-0.25, -0.2) is 17.2 Å². The van der Waals surface area contributed by atoms with Gasteiger partial charge in [-0.2, -0.15) is 0 Å².